The molecule has 0 aromatic carbocycles. The molecule has 0 atom stereocenters. The van der Waals surface area contributed by atoms with Gasteiger partial charge in [0.05, 0.1) is 5.75 Å². The van der Waals surface area contributed by atoms with Gasteiger partial charge in [-0.2, -0.15) is 0 Å². The van der Waals surface area contributed by atoms with Crippen LogP contribution < -0.4 is 16.4 Å². The van der Waals surface area contributed by atoms with E-state index in [1.807, 2.05) is 0 Å². The number of carbonyl (C=O) groups is 1. The Hall–Kier alpha value is -1.35. The molecule has 0 bridgehead atoms. The number of rotatable bonds is 6. The number of thiazole rings is 1. The minimum atomic E-state index is -2.99. The number of sulfone groups is 1. The molecular weight excluding hydrogens is 276 g/mol. The SMILES string of the molecule is CNc1nc(N)c(C(=O)NCCCS(C)(=O)=O)s1. The van der Waals surface area contributed by atoms with E-state index in [0.29, 0.717) is 16.4 Å². The first-order valence-corrected chi connectivity index (χ1v) is 8.11. The molecule has 1 amide bonds. The maximum atomic E-state index is 11.7. The summed E-state index contributed by atoms with van der Waals surface area (Å²) in [5, 5.41) is 5.97. The number of nitrogens with one attached hydrogen (secondary N) is 2. The molecule has 1 rings (SSSR count). The summed E-state index contributed by atoms with van der Waals surface area (Å²) in [5.74, 6) is -0.113. The first kappa shape index (κ1) is 14.7. The fourth-order valence-electron chi connectivity index (χ4n) is 1.22. The van der Waals surface area contributed by atoms with Crippen LogP contribution in [0.5, 0.6) is 0 Å². The van der Waals surface area contributed by atoms with Crippen LogP contribution >= 0.6 is 11.3 Å². The van der Waals surface area contributed by atoms with Crippen LogP contribution in [0.2, 0.25) is 0 Å². The Labute approximate surface area is 110 Å². The Balaban J connectivity index is 2.48. The van der Waals surface area contributed by atoms with Crippen molar-refractivity contribution in [3.8, 4) is 0 Å². The first-order chi connectivity index (χ1) is 8.33. The van der Waals surface area contributed by atoms with Gasteiger partial charge in [-0.1, -0.05) is 11.3 Å². The smallest absolute Gasteiger partial charge is 0.265 e. The van der Waals surface area contributed by atoms with Crippen LogP contribution in [0, 0.1) is 0 Å². The summed E-state index contributed by atoms with van der Waals surface area (Å²) in [4.78, 5) is 16.0. The number of aromatic nitrogens is 1. The van der Waals surface area contributed by atoms with Gasteiger partial charge in [0.15, 0.2) is 5.13 Å². The van der Waals surface area contributed by atoms with Gasteiger partial charge in [0.1, 0.15) is 20.5 Å². The lowest BCUT2D eigenvalue weighted by Crippen LogP contribution is -2.25. The number of nitrogens with zero attached hydrogens (tertiary/aromatic N) is 1. The summed E-state index contributed by atoms with van der Waals surface area (Å²) in [6.45, 7) is 0.290. The third-order valence-electron chi connectivity index (χ3n) is 2.05. The van der Waals surface area contributed by atoms with E-state index < -0.39 is 9.84 Å². The lowest BCUT2D eigenvalue weighted by Gasteiger charge is -2.02. The summed E-state index contributed by atoms with van der Waals surface area (Å²) in [5.41, 5.74) is 5.59. The van der Waals surface area contributed by atoms with Gasteiger partial charge >= 0.3 is 0 Å². The second-order valence-corrected chi connectivity index (χ2v) is 6.98. The maximum absolute atomic E-state index is 11.7. The molecule has 0 aliphatic rings. The number of nitrogen functional groups attached to an aromatic ring is 1. The summed E-state index contributed by atoms with van der Waals surface area (Å²) in [6, 6.07) is 0. The van der Waals surface area contributed by atoms with Gasteiger partial charge in [-0.05, 0) is 6.42 Å². The highest BCUT2D eigenvalue weighted by Gasteiger charge is 2.15. The topological polar surface area (TPSA) is 114 Å². The van der Waals surface area contributed by atoms with Crippen molar-refractivity contribution in [2.75, 3.05) is 36.7 Å². The summed E-state index contributed by atoms with van der Waals surface area (Å²) in [6.07, 6.45) is 1.54. The molecule has 18 heavy (non-hydrogen) atoms. The molecule has 0 radical (unpaired) electrons. The van der Waals surface area contributed by atoms with E-state index in [9.17, 15) is 13.2 Å². The van der Waals surface area contributed by atoms with Crippen molar-refractivity contribution in [1.29, 1.82) is 0 Å². The summed E-state index contributed by atoms with van der Waals surface area (Å²) >= 11 is 1.15. The van der Waals surface area contributed by atoms with E-state index in [1.54, 1.807) is 7.05 Å². The normalized spacial score (nSPS) is 11.2. The molecular formula is C9H16N4O3S2. The van der Waals surface area contributed by atoms with Crippen LogP contribution in [0.3, 0.4) is 0 Å². The molecule has 1 heterocycles. The minimum absolute atomic E-state index is 0.0488. The Morgan fingerprint density at radius 3 is 2.67 bits per heavy atom. The Kier molecular flexibility index (Phi) is 4.91. The third kappa shape index (κ3) is 4.49. The van der Waals surface area contributed by atoms with Crippen molar-refractivity contribution >= 4 is 38.0 Å². The minimum Gasteiger partial charge on any atom is -0.382 e. The molecule has 4 N–H and O–H groups in total. The molecule has 1 aromatic rings. The van der Waals surface area contributed by atoms with Crippen molar-refractivity contribution in [2.24, 2.45) is 0 Å². The molecule has 0 aliphatic heterocycles. The molecule has 9 heteroatoms. The Morgan fingerprint density at radius 2 is 2.17 bits per heavy atom. The van der Waals surface area contributed by atoms with Crippen LogP contribution in [0.25, 0.3) is 0 Å². The monoisotopic (exact) mass is 292 g/mol. The van der Waals surface area contributed by atoms with Crippen molar-refractivity contribution < 1.29 is 13.2 Å². The third-order valence-corrected chi connectivity index (χ3v) is 4.17. The maximum Gasteiger partial charge on any atom is 0.265 e. The number of anilines is 2. The van der Waals surface area contributed by atoms with Gasteiger partial charge in [0.2, 0.25) is 0 Å². The van der Waals surface area contributed by atoms with Crippen molar-refractivity contribution in [1.82, 2.24) is 10.3 Å². The Morgan fingerprint density at radius 1 is 1.50 bits per heavy atom. The number of carbonyl (C=O) groups excluding carboxylic acids is 1. The molecule has 102 valence electrons. The van der Waals surface area contributed by atoms with Crippen LogP contribution in [0.15, 0.2) is 0 Å². The van der Waals surface area contributed by atoms with E-state index in [1.165, 1.54) is 0 Å². The molecule has 0 unspecified atom stereocenters. The average molecular weight is 292 g/mol. The molecule has 7 nitrogen and oxygen atoms in total. The molecule has 1 aromatic heterocycles. The summed E-state index contributed by atoms with van der Waals surface area (Å²) in [7, 11) is -1.30. The number of hydrogen-bond acceptors (Lipinski definition) is 7. The van der Waals surface area contributed by atoms with E-state index in [4.69, 9.17) is 5.73 Å². The van der Waals surface area contributed by atoms with Crippen molar-refractivity contribution in [3.63, 3.8) is 0 Å². The number of hydrogen-bond donors (Lipinski definition) is 3. The lowest BCUT2D eigenvalue weighted by molar-refractivity contribution is 0.0958. The van der Waals surface area contributed by atoms with E-state index in [0.717, 1.165) is 17.6 Å². The quantitative estimate of drug-likeness (QED) is 0.632. The highest BCUT2D eigenvalue weighted by molar-refractivity contribution is 7.90. The molecule has 0 saturated heterocycles. The summed E-state index contributed by atoms with van der Waals surface area (Å²) < 4.78 is 21.8. The predicted molar refractivity (Wildman–Crippen MR) is 72.7 cm³/mol. The lowest BCUT2D eigenvalue weighted by atomic mass is 10.4. The van der Waals surface area contributed by atoms with Crippen LogP contribution in [0.4, 0.5) is 10.9 Å². The van der Waals surface area contributed by atoms with Crippen LogP contribution in [-0.2, 0) is 9.84 Å². The largest absolute Gasteiger partial charge is 0.382 e. The van der Waals surface area contributed by atoms with Gasteiger partial charge < -0.3 is 16.4 Å². The second-order valence-electron chi connectivity index (χ2n) is 3.72. The standard InChI is InChI=1S/C9H16N4O3S2/c1-11-9-13-7(10)6(17-9)8(14)12-4-3-5-18(2,15)16/h3-5,10H2,1-2H3,(H,11,13)(H,12,14). The number of nitrogens with two attached hydrogens (primary N) is 1. The highest BCUT2D eigenvalue weighted by Crippen LogP contribution is 2.23. The van der Waals surface area contributed by atoms with E-state index in [-0.39, 0.29) is 24.0 Å². The molecule has 0 aliphatic carbocycles. The fraction of sp³-hybridized carbons (Fsp3) is 0.556. The number of amides is 1. The van der Waals surface area contributed by atoms with Gasteiger partial charge in [0, 0.05) is 19.8 Å². The van der Waals surface area contributed by atoms with Crippen molar-refractivity contribution in [2.45, 2.75) is 6.42 Å². The average Bonchev–Trinajstić information content (AvgIpc) is 2.64. The fourth-order valence-corrected chi connectivity index (χ4v) is 2.64. The Bertz CT molecular complexity index is 524. The van der Waals surface area contributed by atoms with Gasteiger partial charge in [-0.3, -0.25) is 4.79 Å². The predicted octanol–water partition coefficient (Wildman–Crippen LogP) is -0.0685. The van der Waals surface area contributed by atoms with Crippen molar-refractivity contribution in [3.05, 3.63) is 4.88 Å². The second kappa shape index (κ2) is 6.01. The van der Waals surface area contributed by atoms with Crippen LogP contribution in [-0.4, -0.2) is 44.9 Å². The zero-order chi connectivity index (χ0) is 13.8. The highest BCUT2D eigenvalue weighted by atomic mass is 32.2. The van der Waals surface area contributed by atoms with Gasteiger partial charge in [-0.25, -0.2) is 13.4 Å². The zero-order valence-electron chi connectivity index (χ0n) is 10.2. The molecule has 0 fully saturated rings. The first-order valence-electron chi connectivity index (χ1n) is 5.23. The van der Waals surface area contributed by atoms with E-state index >= 15 is 0 Å². The van der Waals surface area contributed by atoms with Gasteiger partial charge in [0.25, 0.3) is 5.91 Å². The molecule has 0 saturated carbocycles. The molecule has 0 spiro atoms. The van der Waals surface area contributed by atoms with Gasteiger partial charge in [-0.15, -0.1) is 0 Å². The van der Waals surface area contributed by atoms with Crippen LogP contribution in [0.1, 0.15) is 16.1 Å². The zero-order valence-corrected chi connectivity index (χ0v) is 11.8. The van der Waals surface area contributed by atoms with E-state index in [2.05, 4.69) is 15.6 Å².